The topological polar surface area (TPSA) is 559 Å². The second kappa shape index (κ2) is 53.5. The van der Waals surface area contributed by atoms with E-state index in [0.29, 0.717) is 25.7 Å². The van der Waals surface area contributed by atoms with Gasteiger partial charge in [0.2, 0.25) is 47.3 Å². The highest BCUT2D eigenvalue weighted by atomic mass is 32.2. The van der Waals surface area contributed by atoms with Crippen molar-refractivity contribution in [2.24, 2.45) is 0 Å². The first-order chi connectivity index (χ1) is 61.3. The van der Waals surface area contributed by atoms with E-state index < -0.39 is 95.8 Å². The number of carbonyl (C=O) groups is 16. The lowest BCUT2D eigenvalue weighted by Gasteiger charge is -2.40. The zero-order chi connectivity index (χ0) is 92.3. The van der Waals surface area contributed by atoms with Gasteiger partial charge in [0.1, 0.15) is 24.2 Å². The maximum Gasteiger partial charge on any atom is 0.320 e. The molecule has 9 aliphatic heterocycles. The molecule has 0 aromatic heterocycles. The monoisotopic (exact) mass is 1880 g/mol. The predicted octanol–water partition coefficient (Wildman–Crippen LogP) is 1.09. The van der Waals surface area contributed by atoms with Crippen molar-refractivity contribution in [3.8, 4) is 0 Å². The number of fused-ring (bicyclic) bond motifs is 4. The van der Waals surface area contributed by atoms with Crippen molar-refractivity contribution < 1.29 is 97.1 Å². The van der Waals surface area contributed by atoms with E-state index in [1.165, 1.54) is 0 Å². The summed E-state index contributed by atoms with van der Waals surface area (Å²) < 4.78 is 0. The molecule has 9 rings (SSSR count). The molecule has 0 radical (unpaired) electrons. The molecule has 128 heavy (non-hydrogen) atoms. The number of carbonyl (C=O) groups excluding carboxylic acids is 12. The summed E-state index contributed by atoms with van der Waals surface area (Å²) in [5, 5.41) is 92.3. The average molecular weight is 1880 g/mol. The van der Waals surface area contributed by atoms with Gasteiger partial charge in [-0.05, 0) is 130 Å². The van der Waals surface area contributed by atoms with Crippen molar-refractivity contribution in [2.45, 2.75) is 325 Å². The van der Waals surface area contributed by atoms with Gasteiger partial charge in [0.05, 0.1) is 48.3 Å². The van der Waals surface area contributed by atoms with Crippen LogP contribution in [0, 0.1) is 0 Å². The van der Waals surface area contributed by atoms with Crippen LogP contribution in [0.5, 0.6) is 0 Å². The minimum Gasteiger partial charge on any atom is -0.480 e. The Balaban J connectivity index is 0.830. The number of aliphatic carboxylic acids is 4. The second-order valence-corrected chi connectivity index (χ2v) is 40.8. The van der Waals surface area contributed by atoms with E-state index in [0.717, 1.165) is 74.4 Å². The largest absolute Gasteiger partial charge is 0.480 e. The lowest BCUT2D eigenvalue weighted by molar-refractivity contribution is -0.148. The Morgan fingerprint density at radius 3 is 0.680 bits per heavy atom. The molecule has 0 aromatic rings. The summed E-state index contributed by atoms with van der Waals surface area (Å²) in [6.45, 7) is 6.09. The van der Waals surface area contributed by atoms with Crippen molar-refractivity contribution in [3.05, 3.63) is 0 Å². The van der Waals surface area contributed by atoms with E-state index >= 15 is 0 Å². The van der Waals surface area contributed by atoms with Gasteiger partial charge in [0.25, 0.3) is 0 Å². The Labute approximate surface area is 766 Å². The highest BCUT2D eigenvalue weighted by Crippen LogP contribution is 2.37. The van der Waals surface area contributed by atoms with Crippen molar-refractivity contribution >= 4 is 142 Å². The van der Waals surface area contributed by atoms with Crippen molar-refractivity contribution in [1.82, 2.24) is 105 Å². The fourth-order valence-corrected chi connectivity index (χ4v) is 24.9. The van der Waals surface area contributed by atoms with E-state index in [9.17, 15) is 97.1 Å². The summed E-state index contributed by atoms with van der Waals surface area (Å²) in [6, 6.07) is -7.33. The number of rotatable bonds is 56. The molecule has 9 aliphatic rings. The van der Waals surface area contributed by atoms with Gasteiger partial charge in [-0.25, -0.2) is 19.2 Å². The number of carboxylic acids is 4. The van der Waals surface area contributed by atoms with Crippen LogP contribution in [-0.2, 0) is 57.5 Å². The molecule has 9 heterocycles. The van der Waals surface area contributed by atoms with Crippen molar-refractivity contribution in [1.29, 1.82) is 0 Å². The van der Waals surface area contributed by atoms with E-state index in [2.05, 4.69) is 85.1 Å². The van der Waals surface area contributed by atoms with Crippen LogP contribution in [0.2, 0.25) is 0 Å². The normalized spacial score (nSPS) is 25.9. The number of hydrogen-bond donors (Lipinski definition) is 20. The van der Waals surface area contributed by atoms with Crippen LogP contribution in [-0.4, -0.2) is 355 Å². The van der Waals surface area contributed by atoms with Crippen LogP contribution in [0.3, 0.4) is 0 Å². The number of unbranched alkanes of at least 4 members (excludes halogenated alkanes) is 4. The Morgan fingerprint density at radius 2 is 0.492 bits per heavy atom. The number of urea groups is 4. The van der Waals surface area contributed by atoms with Gasteiger partial charge in [-0.2, -0.15) is 47.0 Å². The maximum atomic E-state index is 13.7. The smallest absolute Gasteiger partial charge is 0.320 e. The molecule has 9 fully saturated rings. The Kier molecular flexibility index (Phi) is 43.3. The molecule has 0 aliphatic carbocycles. The number of thioether (sulfide) groups is 4. The van der Waals surface area contributed by atoms with Gasteiger partial charge in [0.15, 0.2) is 0 Å². The first-order valence-electron chi connectivity index (χ1n) is 46.2. The molecule has 8 unspecified atom stereocenters. The van der Waals surface area contributed by atoms with Crippen LogP contribution in [0.1, 0.15) is 207 Å². The van der Waals surface area contributed by atoms with Gasteiger partial charge in [-0.3, -0.25) is 77.1 Å². The van der Waals surface area contributed by atoms with E-state index in [4.69, 9.17) is 0 Å². The first-order valence-corrected chi connectivity index (χ1v) is 50.4. The van der Waals surface area contributed by atoms with Crippen molar-refractivity contribution in [2.75, 3.05) is 102 Å². The summed E-state index contributed by atoms with van der Waals surface area (Å²) in [7, 11) is 0. The van der Waals surface area contributed by atoms with Crippen LogP contribution in [0.15, 0.2) is 0 Å². The van der Waals surface area contributed by atoms with Crippen LogP contribution >= 0.6 is 47.0 Å². The standard InChI is InChI=1S/C84H140N20O20S4/c1-49(89-65(105)25-9-5-21-61-73-53(45-125-61)93-81(121)97-73)41-69(109)85-29-13-17-57(77(113)114)101-33-35-102(58(78(115)116)18-14-30-86-70(110)42-50(2)90-66(106)26-10-6-22-62-74-54(46-126-62)94-82(122)98-74)37-39-104(60(80(119)120)20-16-32-88-72(112)44-52(4)92-68(108)28-12-8-24-64-76-56(48-128-64)96-84(124)100-76)40-38-103(36-34-101)59(79(117)118)19-15-31-87-71(111)43-51(3)91-67(107)27-11-7-23-63-75-55(47-127-63)95-83(123)99-75/h49-64,73-76H,5-48H2,1-4H3,(H,85,109)(H,86,110)(H,87,111)(H,88,112)(H,89,105)(H,90,106)(H,91,107)(H,92,108)(H,113,114)(H,115,116)(H,117,118)(H,119,120)(H2,93,97,121)(H2,94,98,122)(H2,95,99,123)(H2,96,100,124)/t49?,50?,51?,52?,53-,54-,55-,56-,57?,58?,59?,60?,61-,62-,63-,64-,73-,74-,75-,76-/m0/s1. The highest BCUT2D eigenvalue weighted by molar-refractivity contribution is 8.01. The lowest BCUT2D eigenvalue weighted by Crippen LogP contribution is -2.56. The van der Waals surface area contributed by atoms with Gasteiger partial charge < -0.3 is 105 Å². The van der Waals surface area contributed by atoms with Gasteiger partial charge in [-0.1, -0.05) is 25.7 Å². The third kappa shape index (κ3) is 34.6. The zero-order valence-electron chi connectivity index (χ0n) is 74.4. The van der Waals surface area contributed by atoms with Crippen LogP contribution in [0.25, 0.3) is 0 Å². The Morgan fingerprint density at radius 1 is 0.297 bits per heavy atom. The number of hydrogen-bond acceptors (Lipinski definition) is 24. The Hall–Kier alpha value is -8.04. The van der Waals surface area contributed by atoms with E-state index in [1.807, 2.05) is 0 Å². The summed E-state index contributed by atoms with van der Waals surface area (Å²) >= 11 is 7.19. The van der Waals surface area contributed by atoms with Gasteiger partial charge >= 0.3 is 48.0 Å². The number of nitrogens with one attached hydrogen (secondary N) is 16. The quantitative estimate of drug-likeness (QED) is 0.0299. The molecule has 20 N–H and O–H groups in total. The van der Waals surface area contributed by atoms with Gasteiger partial charge in [0, 0.05) is 198 Å². The minimum absolute atomic E-state index is 0.0343. The molecular weight excluding hydrogens is 1740 g/mol. The SMILES string of the molecule is CC(CC(=O)NCCCC(C(=O)O)N1CCN(C(CCCNC(=O)CC(C)NC(=O)CCCC[C@@H]2SC[C@@H]3NC(=O)N[C@@H]32)C(=O)O)CCN(C(CCCNC(=O)CC(C)NC(=O)CCCC[C@@H]2SC[C@@H]3NC(=O)N[C@@H]32)C(=O)O)CCN(C(CCCNC(=O)CC(C)NC(=O)CCCC[C@@H]2SC[C@@H]3NC(=O)N[C@@H]32)C(=O)O)CC1)NC(=O)CCCC[C@@H]1SC[C@@H]2NC(=O)N[C@@H]21. The highest BCUT2D eigenvalue weighted by Gasteiger charge is 2.47. The molecule has 720 valence electrons. The average Bonchev–Trinajstić information content (AvgIpc) is 1.65. The lowest BCUT2D eigenvalue weighted by atomic mass is 10.0. The zero-order valence-corrected chi connectivity index (χ0v) is 77.7. The second-order valence-electron chi connectivity index (χ2n) is 35.7. The molecule has 20 atom stereocenters. The molecule has 0 spiro atoms. The minimum atomic E-state index is -1.28. The van der Waals surface area contributed by atoms with E-state index in [1.54, 1.807) is 94.3 Å². The molecule has 0 saturated carbocycles. The fraction of sp³-hybridized carbons (Fsp3) is 0.810. The molecular formula is C84H140N20O20S4. The molecule has 44 heteroatoms. The summed E-state index contributed by atoms with van der Waals surface area (Å²) in [4.78, 5) is 215. The number of carboxylic acid groups (broad SMARTS) is 4. The third-order valence-corrected chi connectivity index (χ3v) is 31.5. The van der Waals surface area contributed by atoms with Gasteiger partial charge in [-0.15, -0.1) is 0 Å². The van der Waals surface area contributed by atoms with Crippen LogP contribution in [0.4, 0.5) is 19.2 Å². The third-order valence-electron chi connectivity index (χ3n) is 25.4. The summed E-state index contributed by atoms with van der Waals surface area (Å²) in [5.74, 6) is -4.16. The van der Waals surface area contributed by atoms with Crippen LogP contribution < -0.4 is 85.1 Å². The Bertz CT molecular complexity index is 3280. The predicted molar refractivity (Wildman–Crippen MR) is 486 cm³/mol. The first kappa shape index (κ1) is 104. The summed E-state index contributed by atoms with van der Waals surface area (Å²) in [6.07, 6.45) is 10.00. The molecule has 0 aromatic carbocycles. The molecule has 9 saturated heterocycles. The molecule has 16 amide bonds. The molecule has 40 nitrogen and oxygen atoms in total. The summed E-state index contributed by atoms with van der Waals surface area (Å²) in [5.41, 5.74) is 0. The molecule has 0 bridgehead atoms. The fourth-order valence-electron chi connectivity index (χ4n) is 18.8. The van der Waals surface area contributed by atoms with Crippen molar-refractivity contribution in [3.63, 3.8) is 0 Å². The van der Waals surface area contributed by atoms with E-state index in [-0.39, 0.29) is 298 Å². The maximum absolute atomic E-state index is 13.7. The number of nitrogens with zero attached hydrogens (tertiary/aromatic N) is 4. The number of amides is 16.